The Balaban J connectivity index is 0.000000956. The summed E-state index contributed by atoms with van der Waals surface area (Å²) in [6.45, 7) is 4.00. The number of hydrogen-bond acceptors (Lipinski definition) is 3. The molecule has 1 aromatic heterocycles. The predicted octanol–water partition coefficient (Wildman–Crippen LogP) is 2.30. The number of aromatic nitrogens is 2. The first-order valence-electron chi connectivity index (χ1n) is 6.54. The summed E-state index contributed by atoms with van der Waals surface area (Å²) < 4.78 is 1.81. The van der Waals surface area contributed by atoms with Crippen LogP contribution in [0.3, 0.4) is 0 Å². The Labute approximate surface area is 120 Å². The number of nitrogens with two attached hydrogens (primary N) is 1. The van der Waals surface area contributed by atoms with Gasteiger partial charge in [-0.15, -0.1) is 6.42 Å². The Kier molecular flexibility index (Phi) is 6.05. The fourth-order valence-corrected chi connectivity index (χ4v) is 1.63. The van der Waals surface area contributed by atoms with Crippen LogP contribution in [-0.4, -0.2) is 9.55 Å². The van der Waals surface area contributed by atoms with Gasteiger partial charge in [0.15, 0.2) is 0 Å². The molecule has 4 nitrogen and oxygen atoms in total. The van der Waals surface area contributed by atoms with Crippen LogP contribution in [0.2, 0.25) is 0 Å². The molecule has 1 heterocycles. The molecule has 1 atom stereocenters. The third kappa shape index (κ3) is 3.72. The Morgan fingerprint density at radius 2 is 2.00 bits per heavy atom. The molecule has 0 aliphatic carbocycles. The Bertz CT molecular complexity index is 650. The van der Waals surface area contributed by atoms with Crippen molar-refractivity contribution < 1.29 is 0 Å². The molecule has 20 heavy (non-hydrogen) atoms. The highest BCUT2D eigenvalue weighted by Crippen LogP contribution is 2.21. The molecule has 0 spiro atoms. The summed E-state index contributed by atoms with van der Waals surface area (Å²) in [5.41, 5.74) is 7.94. The number of nitrogen functional groups attached to an aromatic ring is 1. The van der Waals surface area contributed by atoms with Gasteiger partial charge in [0.25, 0.3) is 0 Å². The molecule has 0 fully saturated rings. The number of rotatable bonds is 2. The van der Waals surface area contributed by atoms with Gasteiger partial charge in [0.05, 0.1) is 0 Å². The fourth-order valence-electron chi connectivity index (χ4n) is 1.63. The normalized spacial score (nSPS) is 12.0. The van der Waals surface area contributed by atoms with Gasteiger partial charge in [-0.1, -0.05) is 38.0 Å². The highest BCUT2D eigenvalue weighted by Gasteiger charge is 2.09. The van der Waals surface area contributed by atoms with Crippen molar-refractivity contribution in [3.63, 3.8) is 0 Å². The smallest absolute Gasteiger partial charge is 0.226 e. The van der Waals surface area contributed by atoms with Crippen LogP contribution in [-0.2, 0) is 7.05 Å². The zero-order valence-electron chi connectivity index (χ0n) is 12.1. The van der Waals surface area contributed by atoms with Gasteiger partial charge in [-0.2, -0.15) is 0 Å². The number of aryl methyl sites for hydroxylation is 1. The quantitative estimate of drug-likeness (QED) is 0.671. The molecule has 1 unspecified atom stereocenters. The second-order valence-corrected chi connectivity index (χ2v) is 3.86. The molecule has 0 radical (unpaired) electrons. The van der Waals surface area contributed by atoms with Crippen LogP contribution in [0.4, 0.5) is 5.69 Å². The van der Waals surface area contributed by atoms with Crippen LogP contribution in [0, 0.1) is 12.3 Å². The van der Waals surface area contributed by atoms with Gasteiger partial charge in [0, 0.05) is 30.7 Å². The second-order valence-electron chi connectivity index (χ2n) is 3.86. The predicted molar refractivity (Wildman–Crippen MR) is 82.5 cm³/mol. The van der Waals surface area contributed by atoms with Crippen LogP contribution in [0.15, 0.2) is 47.7 Å². The van der Waals surface area contributed by atoms with E-state index in [-0.39, 0.29) is 0 Å². The second kappa shape index (κ2) is 7.80. The van der Waals surface area contributed by atoms with Crippen molar-refractivity contribution in [2.45, 2.75) is 19.9 Å². The van der Waals surface area contributed by atoms with Gasteiger partial charge >= 0.3 is 0 Å². The fraction of sp³-hybridized carbons (Fsp3) is 0.250. The Morgan fingerprint density at radius 1 is 1.30 bits per heavy atom. The third-order valence-corrected chi connectivity index (χ3v) is 2.59. The summed E-state index contributed by atoms with van der Waals surface area (Å²) in [5.74, 6) is 2.63. The highest BCUT2D eigenvalue weighted by molar-refractivity contribution is 5.50. The molecule has 0 bridgehead atoms. The average Bonchev–Trinajstić information content (AvgIpc) is 2.49. The van der Waals surface area contributed by atoms with E-state index < -0.39 is 6.04 Å². The maximum Gasteiger partial charge on any atom is 0.226 e. The number of nitrogens with zero attached hydrogens (tertiary/aromatic N) is 3. The number of hydrogen-bond donors (Lipinski definition) is 1. The van der Waals surface area contributed by atoms with E-state index in [1.54, 1.807) is 6.20 Å². The first kappa shape index (κ1) is 15.5. The molecule has 0 aliphatic rings. The lowest BCUT2D eigenvalue weighted by molar-refractivity contribution is 0.732. The van der Waals surface area contributed by atoms with Crippen molar-refractivity contribution in [1.82, 2.24) is 9.55 Å². The summed E-state index contributed by atoms with van der Waals surface area (Å²) in [6, 6.07) is 8.87. The topological polar surface area (TPSA) is 56.2 Å². The lowest BCUT2D eigenvalue weighted by atomic mass is 10.1. The SMILES string of the molecule is C#CC(N=c1ncccn1C)c1ccccc1N.CC. The minimum atomic E-state index is -0.424. The van der Waals surface area contributed by atoms with E-state index in [1.807, 2.05) is 62.0 Å². The van der Waals surface area contributed by atoms with Crippen molar-refractivity contribution in [3.8, 4) is 12.3 Å². The summed E-state index contributed by atoms with van der Waals surface area (Å²) in [6.07, 6.45) is 9.09. The van der Waals surface area contributed by atoms with Crippen molar-refractivity contribution in [2.24, 2.45) is 12.0 Å². The van der Waals surface area contributed by atoms with Crippen LogP contribution in [0.25, 0.3) is 0 Å². The molecule has 2 rings (SSSR count). The van der Waals surface area contributed by atoms with Crippen LogP contribution < -0.4 is 11.4 Å². The van der Waals surface area contributed by atoms with Gasteiger partial charge in [0.2, 0.25) is 5.62 Å². The summed E-state index contributed by atoms with van der Waals surface area (Å²) in [5, 5.41) is 0. The zero-order valence-corrected chi connectivity index (χ0v) is 12.1. The Morgan fingerprint density at radius 3 is 2.60 bits per heavy atom. The lowest BCUT2D eigenvalue weighted by Gasteiger charge is -2.09. The first-order chi connectivity index (χ1) is 9.72. The first-order valence-corrected chi connectivity index (χ1v) is 6.54. The molecule has 2 aromatic rings. The molecule has 0 aliphatic heterocycles. The molecule has 0 saturated carbocycles. The van der Waals surface area contributed by atoms with Crippen molar-refractivity contribution in [2.75, 3.05) is 5.73 Å². The summed E-state index contributed by atoms with van der Waals surface area (Å²) in [4.78, 5) is 8.62. The lowest BCUT2D eigenvalue weighted by Crippen LogP contribution is -2.21. The zero-order chi connectivity index (χ0) is 15.0. The van der Waals surface area contributed by atoms with Crippen molar-refractivity contribution >= 4 is 5.69 Å². The largest absolute Gasteiger partial charge is 0.398 e. The molecular formula is C16H20N4. The van der Waals surface area contributed by atoms with Gasteiger partial charge in [-0.05, 0) is 12.1 Å². The molecule has 104 valence electrons. The summed E-state index contributed by atoms with van der Waals surface area (Å²) >= 11 is 0. The third-order valence-electron chi connectivity index (χ3n) is 2.59. The highest BCUT2D eigenvalue weighted by atomic mass is 15.1. The van der Waals surface area contributed by atoms with E-state index in [0.29, 0.717) is 11.3 Å². The molecule has 4 heteroatoms. The maximum atomic E-state index is 5.91. The monoisotopic (exact) mass is 268 g/mol. The van der Waals surface area contributed by atoms with Crippen LogP contribution in [0.5, 0.6) is 0 Å². The molecular weight excluding hydrogens is 248 g/mol. The van der Waals surface area contributed by atoms with E-state index in [2.05, 4.69) is 15.9 Å². The minimum Gasteiger partial charge on any atom is -0.398 e. The number of para-hydroxylation sites is 1. The standard InChI is InChI=1S/C14H14N4.C2H6/c1-3-13(11-7-4-5-8-12(11)15)17-14-16-9-6-10-18(14)2;1-2/h1,4-10,13H,15H2,2H3;1-2H3. The average molecular weight is 268 g/mol. The number of benzene rings is 1. The molecule has 1 aromatic carbocycles. The molecule has 0 amide bonds. The van der Waals surface area contributed by atoms with E-state index in [0.717, 1.165) is 5.56 Å². The van der Waals surface area contributed by atoms with E-state index in [9.17, 15) is 0 Å². The van der Waals surface area contributed by atoms with E-state index >= 15 is 0 Å². The van der Waals surface area contributed by atoms with Crippen LogP contribution in [0.1, 0.15) is 25.5 Å². The van der Waals surface area contributed by atoms with Crippen LogP contribution >= 0.6 is 0 Å². The number of anilines is 1. The minimum absolute atomic E-state index is 0.424. The van der Waals surface area contributed by atoms with Crippen molar-refractivity contribution in [1.29, 1.82) is 0 Å². The van der Waals surface area contributed by atoms with E-state index in [4.69, 9.17) is 12.2 Å². The van der Waals surface area contributed by atoms with Crippen molar-refractivity contribution in [3.05, 3.63) is 53.9 Å². The Hall–Kier alpha value is -2.54. The van der Waals surface area contributed by atoms with Gasteiger partial charge in [-0.3, -0.25) is 0 Å². The molecule has 0 saturated heterocycles. The van der Waals surface area contributed by atoms with E-state index in [1.165, 1.54) is 0 Å². The number of terminal acetylenes is 1. The van der Waals surface area contributed by atoms with Gasteiger partial charge in [-0.25, -0.2) is 9.98 Å². The molecule has 2 N–H and O–H groups in total. The van der Waals surface area contributed by atoms with Gasteiger partial charge in [0.1, 0.15) is 6.04 Å². The summed E-state index contributed by atoms with van der Waals surface area (Å²) in [7, 11) is 1.87. The maximum absolute atomic E-state index is 5.91. The van der Waals surface area contributed by atoms with Gasteiger partial charge < -0.3 is 10.3 Å².